The summed E-state index contributed by atoms with van der Waals surface area (Å²) in [4.78, 5) is 0. The summed E-state index contributed by atoms with van der Waals surface area (Å²) in [6.45, 7) is 4.20. The van der Waals surface area contributed by atoms with Crippen molar-refractivity contribution >= 4 is 11.6 Å². The van der Waals surface area contributed by atoms with Crippen molar-refractivity contribution in [1.82, 2.24) is 0 Å². The zero-order valence-electron chi connectivity index (χ0n) is 9.69. The van der Waals surface area contributed by atoms with Gasteiger partial charge < -0.3 is 0 Å². The molecule has 0 saturated carbocycles. The van der Waals surface area contributed by atoms with Crippen molar-refractivity contribution in [3.05, 3.63) is 83.4 Å². The minimum atomic E-state index is 1.00. The largest absolute Gasteiger partial charge is 0.0909 e. The summed E-state index contributed by atoms with van der Waals surface area (Å²) >= 11 is 0. The number of hydrogen-bond donors (Lipinski definition) is 0. The quantitative estimate of drug-likeness (QED) is 0.668. The van der Waals surface area contributed by atoms with E-state index in [1.54, 1.807) is 0 Å². The van der Waals surface area contributed by atoms with Gasteiger partial charge in [0.2, 0.25) is 0 Å². The van der Waals surface area contributed by atoms with Crippen molar-refractivity contribution in [3.8, 4) is 0 Å². The summed E-state index contributed by atoms with van der Waals surface area (Å²) in [6, 6.07) is 18.9. The monoisotopic (exact) mass is 218 g/mol. The Morgan fingerprint density at radius 2 is 1.59 bits per heavy atom. The number of hydrogen-bond acceptors (Lipinski definition) is 0. The van der Waals surface area contributed by atoms with Crippen molar-refractivity contribution < 1.29 is 0 Å². The van der Waals surface area contributed by atoms with Gasteiger partial charge in [-0.05, 0) is 34.3 Å². The fraction of sp³-hybridized carbons (Fsp3) is 0.0588. The Hall–Kier alpha value is -2.08. The van der Waals surface area contributed by atoms with E-state index in [4.69, 9.17) is 0 Å². The molecule has 1 aliphatic rings. The fourth-order valence-corrected chi connectivity index (χ4v) is 2.34. The molecule has 0 nitrogen and oxygen atoms in total. The van der Waals surface area contributed by atoms with Gasteiger partial charge in [0, 0.05) is 0 Å². The predicted molar refractivity (Wildman–Crippen MR) is 73.6 cm³/mol. The van der Waals surface area contributed by atoms with Crippen LogP contribution in [0, 0.1) is 0 Å². The van der Waals surface area contributed by atoms with E-state index in [1.807, 2.05) is 6.07 Å². The molecule has 0 spiro atoms. The Labute approximate surface area is 102 Å². The predicted octanol–water partition coefficient (Wildman–Crippen LogP) is 4.34. The van der Waals surface area contributed by atoms with Crippen LogP contribution in [0.25, 0.3) is 11.6 Å². The molecule has 0 bridgehead atoms. The highest BCUT2D eigenvalue weighted by Crippen LogP contribution is 2.36. The summed E-state index contributed by atoms with van der Waals surface area (Å²) in [6.07, 6.45) is 3.24. The number of allylic oxidation sites excluding steroid dienone is 2. The molecule has 0 N–H and O–H groups in total. The summed E-state index contributed by atoms with van der Waals surface area (Å²) in [5.74, 6) is 0. The van der Waals surface area contributed by atoms with Gasteiger partial charge in [0.1, 0.15) is 0 Å². The average molecular weight is 218 g/mol. The highest BCUT2D eigenvalue weighted by atomic mass is 14.2. The first-order chi connectivity index (χ1) is 8.34. The Kier molecular flexibility index (Phi) is 2.41. The van der Waals surface area contributed by atoms with Gasteiger partial charge in [-0.15, -0.1) is 0 Å². The molecule has 1 aliphatic carbocycles. The number of rotatable bonds is 1. The van der Waals surface area contributed by atoms with E-state index in [-0.39, 0.29) is 0 Å². The highest BCUT2D eigenvalue weighted by Gasteiger charge is 2.18. The van der Waals surface area contributed by atoms with E-state index in [1.165, 1.54) is 27.8 Å². The van der Waals surface area contributed by atoms with Crippen LogP contribution in [0.1, 0.15) is 16.7 Å². The van der Waals surface area contributed by atoms with Crippen LogP contribution in [0.15, 0.2) is 66.7 Å². The van der Waals surface area contributed by atoms with E-state index in [9.17, 15) is 0 Å². The molecule has 0 atom stereocenters. The molecule has 0 heterocycles. The molecule has 0 radical (unpaired) electrons. The zero-order chi connectivity index (χ0) is 11.7. The van der Waals surface area contributed by atoms with Gasteiger partial charge in [-0.1, -0.05) is 67.3 Å². The van der Waals surface area contributed by atoms with Crippen molar-refractivity contribution in [2.45, 2.75) is 6.42 Å². The van der Waals surface area contributed by atoms with E-state index >= 15 is 0 Å². The lowest BCUT2D eigenvalue weighted by Crippen LogP contribution is -1.80. The summed E-state index contributed by atoms with van der Waals surface area (Å²) < 4.78 is 0. The molecule has 3 rings (SSSR count). The maximum atomic E-state index is 4.20. The Bertz CT molecular complexity index is 588. The fourth-order valence-electron chi connectivity index (χ4n) is 2.34. The van der Waals surface area contributed by atoms with Crippen molar-refractivity contribution in [2.75, 3.05) is 0 Å². The van der Waals surface area contributed by atoms with E-state index in [2.05, 4.69) is 61.2 Å². The third-order valence-electron chi connectivity index (χ3n) is 3.25. The Morgan fingerprint density at radius 1 is 0.882 bits per heavy atom. The minimum Gasteiger partial charge on any atom is -0.0909 e. The molecule has 0 heteroatoms. The molecule has 0 unspecified atom stereocenters. The number of benzene rings is 2. The third-order valence-corrected chi connectivity index (χ3v) is 3.25. The van der Waals surface area contributed by atoms with Crippen LogP contribution in [-0.4, -0.2) is 0 Å². The van der Waals surface area contributed by atoms with Gasteiger partial charge in [0.25, 0.3) is 0 Å². The lowest BCUT2D eigenvalue weighted by Gasteiger charge is -2.00. The van der Waals surface area contributed by atoms with Crippen LogP contribution in [-0.2, 0) is 6.42 Å². The van der Waals surface area contributed by atoms with Gasteiger partial charge in [0.05, 0.1) is 0 Å². The van der Waals surface area contributed by atoms with Crippen LogP contribution in [0.5, 0.6) is 0 Å². The van der Waals surface area contributed by atoms with Gasteiger partial charge >= 0.3 is 0 Å². The normalized spacial score (nSPS) is 16.2. The SMILES string of the molecule is C=C1C(=Cc2ccccc2)Cc2ccccc21. The van der Waals surface area contributed by atoms with Crippen molar-refractivity contribution in [1.29, 1.82) is 0 Å². The minimum absolute atomic E-state index is 1.00. The van der Waals surface area contributed by atoms with E-state index in [0.717, 1.165) is 6.42 Å². The maximum absolute atomic E-state index is 4.20. The van der Waals surface area contributed by atoms with Crippen molar-refractivity contribution in [3.63, 3.8) is 0 Å². The highest BCUT2D eigenvalue weighted by molar-refractivity contribution is 5.89. The van der Waals surface area contributed by atoms with Gasteiger partial charge in [-0.2, -0.15) is 0 Å². The van der Waals surface area contributed by atoms with Crippen LogP contribution in [0.4, 0.5) is 0 Å². The molecule has 2 aromatic rings. The molecule has 0 aromatic heterocycles. The van der Waals surface area contributed by atoms with E-state index < -0.39 is 0 Å². The molecular formula is C17H14. The van der Waals surface area contributed by atoms with Crippen LogP contribution in [0.2, 0.25) is 0 Å². The smallest absolute Gasteiger partial charge is 0.00135 e. The lowest BCUT2D eigenvalue weighted by atomic mass is 10.0. The summed E-state index contributed by atoms with van der Waals surface area (Å²) in [7, 11) is 0. The average Bonchev–Trinajstić information content (AvgIpc) is 2.68. The molecular weight excluding hydrogens is 204 g/mol. The van der Waals surface area contributed by atoms with Gasteiger partial charge in [-0.25, -0.2) is 0 Å². The van der Waals surface area contributed by atoms with Gasteiger partial charge in [-0.3, -0.25) is 0 Å². The van der Waals surface area contributed by atoms with Crippen LogP contribution in [0.3, 0.4) is 0 Å². The Balaban J connectivity index is 2.00. The second-order valence-electron chi connectivity index (χ2n) is 4.39. The molecule has 0 saturated heterocycles. The molecule has 82 valence electrons. The molecule has 17 heavy (non-hydrogen) atoms. The molecule has 0 amide bonds. The number of fused-ring (bicyclic) bond motifs is 1. The first-order valence-corrected chi connectivity index (χ1v) is 5.88. The first kappa shape index (κ1) is 10.1. The maximum Gasteiger partial charge on any atom is -0.00135 e. The third kappa shape index (κ3) is 1.83. The second kappa shape index (κ2) is 4.06. The van der Waals surface area contributed by atoms with Gasteiger partial charge in [0.15, 0.2) is 0 Å². The summed E-state index contributed by atoms with van der Waals surface area (Å²) in [5, 5.41) is 0. The van der Waals surface area contributed by atoms with E-state index in [0.29, 0.717) is 0 Å². The first-order valence-electron chi connectivity index (χ1n) is 5.88. The van der Waals surface area contributed by atoms with Crippen LogP contribution < -0.4 is 0 Å². The topological polar surface area (TPSA) is 0 Å². The lowest BCUT2D eigenvalue weighted by molar-refractivity contribution is 1.28. The molecule has 0 fully saturated rings. The van der Waals surface area contributed by atoms with Crippen LogP contribution >= 0.6 is 0 Å². The molecule has 0 aliphatic heterocycles. The summed E-state index contributed by atoms with van der Waals surface area (Å²) in [5.41, 5.74) is 6.44. The standard InChI is InChI=1S/C17H14/c1-13-16(11-14-7-3-2-4-8-14)12-15-9-5-6-10-17(13)15/h2-11H,1,12H2. The second-order valence-corrected chi connectivity index (χ2v) is 4.39. The molecule has 2 aromatic carbocycles. The zero-order valence-corrected chi connectivity index (χ0v) is 9.69. The van der Waals surface area contributed by atoms with Crippen molar-refractivity contribution in [2.24, 2.45) is 0 Å². The Morgan fingerprint density at radius 3 is 2.35 bits per heavy atom.